The first-order valence-corrected chi connectivity index (χ1v) is 7.81. The van der Waals surface area contributed by atoms with Gasteiger partial charge in [-0.05, 0) is 44.0 Å². The summed E-state index contributed by atoms with van der Waals surface area (Å²) >= 11 is 0. The molecule has 0 amide bonds. The maximum absolute atomic E-state index is 13.2. The third kappa shape index (κ3) is 2.75. The minimum Gasteiger partial charge on any atom is -0.289 e. The van der Waals surface area contributed by atoms with Gasteiger partial charge < -0.3 is 0 Å². The number of aryl methyl sites for hydroxylation is 1. The molecule has 1 aromatic heterocycles. The average molecular weight is 322 g/mol. The van der Waals surface area contributed by atoms with Crippen molar-refractivity contribution >= 4 is 0 Å². The first kappa shape index (κ1) is 16.1. The van der Waals surface area contributed by atoms with Gasteiger partial charge in [-0.3, -0.25) is 9.36 Å². The zero-order chi connectivity index (χ0) is 17.3. The summed E-state index contributed by atoms with van der Waals surface area (Å²) in [7, 11) is 0. The summed E-state index contributed by atoms with van der Waals surface area (Å²) in [6.45, 7) is 5.68. The molecule has 0 fully saturated rings. The van der Waals surface area contributed by atoms with Gasteiger partial charge >= 0.3 is 0 Å². The Labute approximate surface area is 140 Å². The van der Waals surface area contributed by atoms with Gasteiger partial charge in [-0.1, -0.05) is 42.5 Å². The van der Waals surface area contributed by atoms with Crippen molar-refractivity contribution in [3.05, 3.63) is 88.4 Å². The molecule has 0 atom stereocenters. The van der Waals surface area contributed by atoms with Crippen LogP contribution in [0.1, 0.15) is 25.1 Å². The van der Waals surface area contributed by atoms with E-state index < -0.39 is 5.54 Å². The highest BCUT2D eigenvalue weighted by Crippen LogP contribution is 2.26. The molecule has 0 N–H and O–H groups in total. The molecule has 122 valence electrons. The van der Waals surface area contributed by atoms with Crippen molar-refractivity contribution in [3.63, 3.8) is 0 Å². The highest BCUT2D eigenvalue weighted by Gasteiger charge is 2.26. The molecule has 0 unspecified atom stereocenters. The third-order valence-electron chi connectivity index (χ3n) is 4.38. The first-order chi connectivity index (χ1) is 11.4. The van der Waals surface area contributed by atoms with Crippen molar-refractivity contribution in [1.82, 2.24) is 9.55 Å². The summed E-state index contributed by atoms with van der Waals surface area (Å²) in [4.78, 5) is 17.5. The molecule has 0 saturated heterocycles. The standard InChI is InChI=1S/C20H19FN2O/c1-14-18(15-7-5-4-6-8-15)19(24)23(13-22-14)20(2,3)16-9-11-17(21)12-10-16/h4-13H,1-3H3. The van der Waals surface area contributed by atoms with Gasteiger partial charge in [0.2, 0.25) is 0 Å². The SMILES string of the molecule is Cc1ncn(C(C)(C)c2ccc(F)cc2)c(=O)c1-c1ccccc1. The monoisotopic (exact) mass is 322 g/mol. The fourth-order valence-electron chi connectivity index (χ4n) is 2.87. The van der Waals surface area contributed by atoms with Crippen LogP contribution < -0.4 is 5.56 Å². The van der Waals surface area contributed by atoms with Crippen molar-refractivity contribution in [2.24, 2.45) is 0 Å². The Morgan fingerprint density at radius 2 is 1.62 bits per heavy atom. The van der Waals surface area contributed by atoms with Crippen LogP contribution in [0, 0.1) is 12.7 Å². The van der Waals surface area contributed by atoms with Crippen LogP contribution in [0.2, 0.25) is 0 Å². The third-order valence-corrected chi connectivity index (χ3v) is 4.38. The molecule has 1 heterocycles. The average Bonchev–Trinajstić information content (AvgIpc) is 2.56. The van der Waals surface area contributed by atoms with Crippen molar-refractivity contribution in [1.29, 1.82) is 0 Å². The summed E-state index contributed by atoms with van der Waals surface area (Å²) < 4.78 is 14.8. The molecular formula is C20H19FN2O. The van der Waals surface area contributed by atoms with E-state index in [1.54, 1.807) is 23.0 Å². The largest absolute Gasteiger partial charge is 0.289 e. The van der Waals surface area contributed by atoms with Gasteiger partial charge in [0.15, 0.2) is 0 Å². The van der Waals surface area contributed by atoms with E-state index >= 15 is 0 Å². The van der Waals surface area contributed by atoms with Crippen molar-refractivity contribution in [3.8, 4) is 11.1 Å². The van der Waals surface area contributed by atoms with Gasteiger partial charge in [0.25, 0.3) is 5.56 Å². The van der Waals surface area contributed by atoms with E-state index in [1.165, 1.54) is 12.1 Å². The molecule has 3 aromatic rings. The Morgan fingerprint density at radius 3 is 2.25 bits per heavy atom. The van der Waals surface area contributed by atoms with Crippen LogP contribution in [0.25, 0.3) is 11.1 Å². The number of halogens is 1. The second-order valence-electron chi connectivity index (χ2n) is 6.31. The van der Waals surface area contributed by atoms with Crippen molar-refractivity contribution in [2.45, 2.75) is 26.3 Å². The molecule has 4 heteroatoms. The Kier molecular flexibility index (Phi) is 4.06. The molecule has 3 rings (SSSR count). The lowest BCUT2D eigenvalue weighted by Crippen LogP contribution is -2.38. The lowest BCUT2D eigenvalue weighted by atomic mass is 9.93. The second-order valence-corrected chi connectivity index (χ2v) is 6.31. The topological polar surface area (TPSA) is 34.9 Å². The zero-order valence-corrected chi connectivity index (χ0v) is 14.0. The lowest BCUT2D eigenvalue weighted by Gasteiger charge is -2.28. The molecule has 24 heavy (non-hydrogen) atoms. The molecule has 0 saturated carbocycles. The molecule has 3 nitrogen and oxygen atoms in total. The predicted molar refractivity (Wildman–Crippen MR) is 93.5 cm³/mol. The van der Waals surface area contributed by atoms with Gasteiger partial charge in [-0.15, -0.1) is 0 Å². The number of aromatic nitrogens is 2. The van der Waals surface area contributed by atoms with Crippen molar-refractivity contribution in [2.75, 3.05) is 0 Å². The fraction of sp³-hybridized carbons (Fsp3) is 0.200. The smallest absolute Gasteiger partial charge is 0.262 e. The molecule has 0 aliphatic carbocycles. The molecule has 2 aromatic carbocycles. The van der Waals surface area contributed by atoms with E-state index in [0.29, 0.717) is 11.3 Å². The summed E-state index contributed by atoms with van der Waals surface area (Å²) in [5.74, 6) is -0.297. The van der Waals surface area contributed by atoms with Gasteiger partial charge in [0.1, 0.15) is 5.82 Å². The van der Waals surface area contributed by atoms with Crippen LogP contribution >= 0.6 is 0 Å². The Hall–Kier alpha value is -2.75. The number of hydrogen-bond acceptors (Lipinski definition) is 2. The fourth-order valence-corrected chi connectivity index (χ4v) is 2.87. The lowest BCUT2D eigenvalue weighted by molar-refractivity contribution is 0.415. The maximum atomic E-state index is 13.2. The van der Waals surface area contributed by atoms with E-state index in [4.69, 9.17) is 0 Å². The summed E-state index contributed by atoms with van der Waals surface area (Å²) in [5, 5.41) is 0. The Morgan fingerprint density at radius 1 is 1.00 bits per heavy atom. The van der Waals surface area contributed by atoms with Crippen LogP contribution in [-0.4, -0.2) is 9.55 Å². The van der Waals surface area contributed by atoms with E-state index in [1.807, 2.05) is 51.1 Å². The molecular weight excluding hydrogens is 303 g/mol. The highest BCUT2D eigenvalue weighted by molar-refractivity contribution is 5.64. The Balaban J connectivity index is 2.19. The molecule has 0 spiro atoms. The molecule has 0 aliphatic rings. The van der Waals surface area contributed by atoms with Crippen LogP contribution in [0.3, 0.4) is 0 Å². The van der Waals surface area contributed by atoms with Gasteiger partial charge in [-0.2, -0.15) is 0 Å². The number of rotatable bonds is 3. The molecule has 0 aliphatic heterocycles. The van der Waals surface area contributed by atoms with E-state index in [2.05, 4.69) is 4.98 Å². The highest BCUT2D eigenvalue weighted by atomic mass is 19.1. The normalized spacial score (nSPS) is 11.5. The second kappa shape index (κ2) is 6.04. The van der Waals surface area contributed by atoms with Gasteiger partial charge in [0, 0.05) is 0 Å². The van der Waals surface area contributed by atoms with E-state index in [0.717, 1.165) is 11.1 Å². The molecule has 0 radical (unpaired) electrons. The van der Waals surface area contributed by atoms with Crippen molar-refractivity contribution < 1.29 is 4.39 Å². The van der Waals surface area contributed by atoms with E-state index in [9.17, 15) is 9.18 Å². The maximum Gasteiger partial charge on any atom is 0.262 e. The van der Waals surface area contributed by atoms with Crippen LogP contribution in [0.4, 0.5) is 4.39 Å². The summed E-state index contributed by atoms with van der Waals surface area (Å²) in [6, 6.07) is 15.7. The number of nitrogens with zero attached hydrogens (tertiary/aromatic N) is 2. The quantitative estimate of drug-likeness (QED) is 0.726. The summed E-state index contributed by atoms with van der Waals surface area (Å²) in [6.07, 6.45) is 1.56. The molecule has 0 bridgehead atoms. The summed E-state index contributed by atoms with van der Waals surface area (Å²) in [5.41, 5.74) is 2.22. The van der Waals surface area contributed by atoms with Gasteiger partial charge in [0.05, 0.1) is 23.1 Å². The van der Waals surface area contributed by atoms with E-state index in [-0.39, 0.29) is 11.4 Å². The predicted octanol–water partition coefficient (Wildman–Crippen LogP) is 4.14. The van der Waals surface area contributed by atoms with Crippen LogP contribution in [0.5, 0.6) is 0 Å². The van der Waals surface area contributed by atoms with Crippen LogP contribution in [-0.2, 0) is 5.54 Å². The zero-order valence-electron chi connectivity index (χ0n) is 14.0. The minimum absolute atomic E-state index is 0.108. The number of hydrogen-bond donors (Lipinski definition) is 0. The van der Waals surface area contributed by atoms with Gasteiger partial charge in [-0.25, -0.2) is 9.37 Å². The Bertz CT molecular complexity index is 913. The number of benzene rings is 2. The minimum atomic E-state index is -0.644. The van der Waals surface area contributed by atoms with Crippen LogP contribution in [0.15, 0.2) is 65.7 Å². The first-order valence-electron chi connectivity index (χ1n) is 7.81.